The van der Waals surface area contributed by atoms with Gasteiger partial charge in [0.1, 0.15) is 5.76 Å². The summed E-state index contributed by atoms with van der Waals surface area (Å²) in [5.74, 6) is 1.01. The lowest BCUT2D eigenvalue weighted by atomic mass is 10.1. The molecule has 18 heavy (non-hydrogen) atoms. The van der Waals surface area contributed by atoms with Crippen molar-refractivity contribution in [3.05, 3.63) is 42.9 Å². The molecule has 0 aromatic carbocycles. The van der Waals surface area contributed by atoms with E-state index in [9.17, 15) is 0 Å². The minimum atomic E-state index is 0.258. The van der Waals surface area contributed by atoms with Gasteiger partial charge in [-0.2, -0.15) is 0 Å². The van der Waals surface area contributed by atoms with Crippen LogP contribution in [0.1, 0.15) is 44.0 Å². The van der Waals surface area contributed by atoms with Crippen LogP contribution in [0.25, 0.3) is 0 Å². The molecule has 1 aliphatic carbocycles. The van der Waals surface area contributed by atoms with Gasteiger partial charge in [-0.05, 0) is 38.3 Å². The van der Waals surface area contributed by atoms with Crippen molar-refractivity contribution in [1.82, 2.24) is 14.9 Å². The molecule has 2 heterocycles. The quantitative estimate of drug-likeness (QED) is 0.900. The van der Waals surface area contributed by atoms with Crippen LogP contribution < -0.4 is 5.32 Å². The van der Waals surface area contributed by atoms with Gasteiger partial charge in [0, 0.05) is 24.5 Å². The summed E-state index contributed by atoms with van der Waals surface area (Å²) in [5, 5.41) is 3.68. The highest BCUT2D eigenvalue weighted by Gasteiger charge is 2.29. The zero-order chi connectivity index (χ0) is 12.4. The number of rotatable bonds is 4. The normalized spacial score (nSPS) is 25.4. The van der Waals surface area contributed by atoms with E-state index >= 15 is 0 Å². The highest BCUT2D eigenvalue weighted by molar-refractivity contribution is 5.04. The number of aromatic nitrogens is 2. The van der Waals surface area contributed by atoms with E-state index in [-0.39, 0.29) is 6.04 Å². The van der Waals surface area contributed by atoms with Crippen molar-refractivity contribution < 1.29 is 4.42 Å². The van der Waals surface area contributed by atoms with Gasteiger partial charge in [-0.25, -0.2) is 4.98 Å². The molecule has 0 aliphatic heterocycles. The van der Waals surface area contributed by atoms with E-state index in [2.05, 4.69) is 28.0 Å². The summed E-state index contributed by atoms with van der Waals surface area (Å²) in [6, 6.07) is 5.24. The zero-order valence-corrected chi connectivity index (χ0v) is 10.6. The summed E-state index contributed by atoms with van der Waals surface area (Å²) in [5.41, 5.74) is 0. The number of furan rings is 1. The molecule has 4 heteroatoms. The van der Waals surface area contributed by atoms with Crippen molar-refractivity contribution in [1.29, 1.82) is 0 Å². The summed E-state index contributed by atoms with van der Waals surface area (Å²) < 4.78 is 7.67. The molecule has 1 saturated carbocycles. The zero-order valence-electron chi connectivity index (χ0n) is 10.6. The van der Waals surface area contributed by atoms with Gasteiger partial charge in [-0.15, -0.1) is 0 Å². The molecule has 2 aromatic rings. The minimum absolute atomic E-state index is 0.258. The van der Waals surface area contributed by atoms with Gasteiger partial charge in [0.25, 0.3) is 0 Å². The van der Waals surface area contributed by atoms with Crippen molar-refractivity contribution in [2.45, 2.75) is 44.3 Å². The number of hydrogen-bond donors (Lipinski definition) is 1. The fourth-order valence-corrected chi connectivity index (χ4v) is 2.90. The Kier molecular flexibility index (Phi) is 3.19. The van der Waals surface area contributed by atoms with Gasteiger partial charge in [0.15, 0.2) is 0 Å². The van der Waals surface area contributed by atoms with E-state index in [4.69, 9.17) is 4.42 Å². The van der Waals surface area contributed by atoms with E-state index in [0.717, 1.165) is 5.76 Å². The molecule has 3 unspecified atom stereocenters. The average Bonchev–Trinajstić information content (AvgIpc) is 3.11. The first-order chi connectivity index (χ1) is 8.84. The van der Waals surface area contributed by atoms with Crippen LogP contribution in [0, 0.1) is 0 Å². The van der Waals surface area contributed by atoms with Crippen molar-refractivity contribution >= 4 is 0 Å². The smallest absolute Gasteiger partial charge is 0.120 e. The molecule has 1 aliphatic rings. The Labute approximate surface area is 107 Å². The topological polar surface area (TPSA) is 43.0 Å². The maximum atomic E-state index is 5.45. The average molecular weight is 245 g/mol. The highest BCUT2D eigenvalue weighted by atomic mass is 16.3. The van der Waals surface area contributed by atoms with Crippen LogP contribution in [0.3, 0.4) is 0 Å². The van der Waals surface area contributed by atoms with E-state index in [0.29, 0.717) is 12.1 Å². The molecule has 0 radical (unpaired) electrons. The molecule has 1 N–H and O–H groups in total. The molecule has 0 amide bonds. The summed E-state index contributed by atoms with van der Waals surface area (Å²) in [7, 11) is 0. The maximum Gasteiger partial charge on any atom is 0.120 e. The second kappa shape index (κ2) is 4.98. The monoisotopic (exact) mass is 245 g/mol. The maximum absolute atomic E-state index is 5.45. The van der Waals surface area contributed by atoms with Crippen LogP contribution in [0.5, 0.6) is 0 Å². The summed E-state index contributed by atoms with van der Waals surface area (Å²) in [4.78, 5) is 4.15. The number of imidazole rings is 1. The number of hydrogen-bond acceptors (Lipinski definition) is 3. The van der Waals surface area contributed by atoms with Gasteiger partial charge in [0.2, 0.25) is 0 Å². The second-order valence-corrected chi connectivity index (χ2v) is 5.02. The SMILES string of the molecule is CC(NC1CCCC1n1ccnc1)c1ccco1. The van der Waals surface area contributed by atoms with Crippen LogP contribution in [-0.2, 0) is 0 Å². The molecule has 3 atom stereocenters. The third-order valence-electron chi connectivity index (χ3n) is 3.82. The van der Waals surface area contributed by atoms with Gasteiger partial charge in [-0.3, -0.25) is 0 Å². The van der Waals surface area contributed by atoms with Crippen molar-refractivity contribution in [2.75, 3.05) is 0 Å². The third kappa shape index (κ3) is 2.20. The van der Waals surface area contributed by atoms with Gasteiger partial charge in [0.05, 0.1) is 18.6 Å². The van der Waals surface area contributed by atoms with E-state index < -0.39 is 0 Å². The van der Waals surface area contributed by atoms with Crippen LogP contribution in [-0.4, -0.2) is 15.6 Å². The summed E-state index contributed by atoms with van der Waals surface area (Å²) in [6.45, 7) is 2.15. The first-order valence-electron chi connectivity index (χ1n) is 6.61. The van der Waals surface area contributed by atoms with Crippen molar-refractivity contribution in [3.8, 4) is 0 Å². The molecule has 4 nitrogen and oxygen atoms in total. The number of nitrogens with one attached hydrogen (secondary N) is 1. The van der Waals surface area contributed by atoms with Crippen molar-refractivity contribution in [2.24, 2.45) is 0 Å². The lowest BCUT2D eigenvalue weighted by Gasteiger charge is -2.25. The summed E-state index contributed by atoms with van der Waals surface area (Å²) in [6.07, 6.45) is 11.3. The largest absolute Gasteiger partial charge is 0.468 e. The van der Waals surface area contributed by atoms with Crippen LogP contribution in [0.2, 0.25) is 0 Å². The minimum Gasteiger partial charge on any atom is -0.468 e. The lowest BCUT2D eigenvalue weighted by molar-refractivity contribution is 0.335. The fraction of sp³-hybridized carbons (Fsp3) is 0.500. The Morgan fingerprint density at radius 3 is 3.17 bits per heavy atom. The van der Waals surface area contributed by atoms with Crippen LogP contribution in [0.4, 0.5) is 0 Å². The Morgan fingerprint density at radius 1 is 1.50 bits per heavy atom. The summed E-state index contributed by atoms with van der Waals surface area (Å²) >= 11 is 0. The Balaban J connectivity index is 1.68. The van der Waals surface area contributed by atoms with E-state index in [1.54, 1.807) is 6.26 Å². The molecule has 1 fully saturated rings. The van der Waals surface area contributed by atoms with Crippen molar-refractivity contribution in [3.63, 3.8) is 0 Å². The first-order valence-corrected chi connectivity index (χ1v) is 6.61. The standard InChI is InChI=1S/C14H19N3O/c1-11(14-6-3-9-18-14)16-12-4-2-5-13(12)17-8-7-15-10-17/h3,6-13,16H,2,4-5H2,1H3. The Hall–Kier alpha value is -1.55. The molecular weight excluding hydrogens is 226 g/mol. The molecule has 0 spiro atoms. The number of nitrogens with zero attached hydrogens (tertiary/aromatic N) is 2. The first kappa shape index (κ1) is 11.5. The van der Waals surface area contributed by atoms with Crippen LogP contribution in [0.15, 0.2) is 41.5 Å². The van der Waals surface area contributed by atoms with Gasteiger partial charge >= 0.3 is 0 Å². The second-order valence-electron chi connectivity index (χ2n) is 5.02. The molecule has 0 bridgehead atoms. The van der Waals surface area contributed by atoms with E-state index in [1.165, 1.54) is 19.3 Å². The lowest BCUT2D eigenvalue weighted by Crippen LogP contribution is -2.35. The molecule has 96 valence electrons. The fourth-order valence-electron chi connectivity index (χ4n) is 2.90. The highest BCUT2D eigenvalue weighted by Crippen LogP contribution is 2.31. The van der Waals surface area contributed by atoms with Gasteiger partial charge < -0.3 is 14.3 Å². The molecular formula is C14H19N3O. The van der Waals surface area contributed by atoms with E-state index in [1.807, 2.05) is 24.7 Å². The molecule has 2 aromatic heterocycles. The Bertz CT molecular complexity index is 463. The van der Waals surface area contributed by atoms with Gasteiger partial charge in [-0.1, -0.05) is 0 Å². The predicted molar refractivity (Wildman–Crippen MR) is 69.2 cm³/mol. The third-order valence-corrected chi connectivity index (χ3v) is 3.82. The molecule has 3 rings (SSSR count). The van der Waals surface area contributed by atoms with Crippen LogP contribution >= 0.6 is 0 Å². The predicted octanol–water partition coefficient (Wildman–Crippen LogP) is 2.92. The Morgan fingerprint density at radius 2 is 2.44 bits per heavy atom. The molecule has 0 saturated heterocycles.